The number of ether oxygens (including phenoxy) is 1. The van der Waals surface area contributed by atoms with E-state index in [1.54, 1.807) is 33.9 Å². The van der Waals surface area contributed by atoms with Gasteiger partial charge in [0.25, 0.3) is 5.56 Å². The molecule has 0 N–H and O–H groups in total. The van der Waals surface area contributed by atoms with Crippen LogP contribution >= 0.6 is 11.6 Å². The van der Waals surface area contributed by atoms with Crippen LogP contribution in [0, 0.1) is 13.8 Å². The minimum Gasteiger partial charge on any atom is -0.451 e. The van der Waals surface area contributed by atoms with Crippen LogP contribution < -0.4 is 11.2 Å². The number of hydrogen-bond donors (Lipinski definition) is 0. The number of esters is 1. The van der Waals surface area contributed by atoms with E-state index >= 15 is 0 Å². The second-order valence-electron chi connectivity index (χ2n) is 6.66. The number of aromatic nitrogens is 5. The molecule has 3 aromatic heterocycles. The molecule has 0 aliphatic heterocycles. The number of carbonyl (C=O) groups is 1. The normalized spacial score (nSPS) is 12.4. The molecule has 0 radical (unpaired) electrons. The largest absolute Gasteiger partial charge is 0.451 e. The van der Waals surface area contributed by atoms with E-state index in [1.165, 1.54) is 23.2 Å². The summed E-state index contributed by atoms with van der Waals surface area (Å²) < 4.78 is 9.34. The first kappa shape index (κ1) is 19.8. The van der Waals surface area contributed by atoms with Crippen molar-refractivity contribution in [2.45, 2.75) is 26.9 Å². The molecule has 0 aliphatic carbocycles. The van der Waals surface area contributed by atoms with E-state index in [0.717, 1.165) is 4.57 Å². The van der Waals surface area contributed by atoms with E-state index in [9.17, 15) is 14.4 Å². The lowest BCUT2D eigenvalue weighted by Gasteiger charge is -2.15. The molecule has 9 nitrogen and oxygen atoms in total. The highest BCUT2D eigenvalue weighted by molar-refractivity contribution is 6.33. The van der Waals surface area contributed by atoms with E-state index in [0.29, 0.717) is 17.2 Å². The minimum absolute atomic E-state index is 0.182. The highest BCUT2D eigenvalue weighted by Crippen LogP contribution is 2.25. The van der Waals surface area contributed by atoms with Crippen LogP contribution in [0.2, 0.25) is 5.02 Å². The quantitative estimate of drug-likeness (QED) is 0.613. The number of halogens is 1. The van der Waals surface area contributed by atoms with Crippen molar-refractivity contribution in [2.75, 3.05) is 0 Å². The van der Waals surface area contributed by atoms with Crippen molar-refractivity contribution in [3.63, 3.8) is 0 Å². The van der Waals surface area contributed by atoms with E-state index in [2.05, 4.69) is 9.97 Å². The molecule has 0 aromatic carbocycles. The first-order chi connectivity index (χ1) is 13.0. The van der Waals surface area contributed by atoms with Gasteiger partial charge in [-0.2, -0.15) is 0 Å². The molecule has 0 bridgehead atoms. The van der Waals surface area contributed by atoms with Crippen LogP contribution in [0.3, 0.4) is 0 Å². The SMILES string of the molecule is Cc1cc(Cl)c(C(=O)OC(C)c2nc3c(c(=O)n(C)c(=O)n3C)n2C)c(C)n1. The maximum absolute atomic E-state index is 12.6. The summed E-state index contributed by atoms with van der Waals surface area (Å²) in [6.45, 7) is 5.09. The van der Waals surface area contributed by atoms with Crippen molar-refractivity contribution < 1.29 is 9.53 Å². The Labute approximate surface area is 165 Å². The van der Waals surface area contributed by atoms with Crippen molar-refractivity contribution in [1.82, 2.24) is 23.7 Å². The number of imidazole rings is 1. The van der Waals surface area contributed by atoms with Crippen LogP contribution in [0.5, 0.6) is 0 Å². The van der Waals surface area contributed by atoms with Gasteiger partial charge in [0.15, 0.2) is 23.1 Å². The fourth-order valence-electron chi connectivity index (χ4n) is 3.20. The third kappa shape index (κ3) is 3.01. The summed E-state index contributed by atoms with van der Waals surface area (Å²) in [6, 6.07) is 1.59. The summed E-state index contributed by atoms with van der Waals surface area (Å²) in [6.07, 6.45) is -0.790. The number of aryl methyl sites for hydroxylation is 4. The van der Waals surface area contributed by atoms with E-state index in [-0.39, 0.29) is 21.7 Å². The molecule has 1 atom stereocenters. The third-order valence-electron chi connectivity index (χ3n) is 4.64. The zero-order chi connectivity index (χ0) is 20.9. The van der Waals surface area contributed by atoms with Gasteiger partial charge in [0.1, 0.15) is 0 Å². The van der Waals surface area contributed by atoms with E-state index in [4.69, 9.17) is 16.3 Å². The van der Waals surface area contributed by atoms with Gasteiger partial charge in [0.05, 0.1) is 16.3 Å². The minimum atomic E-state index is -0.790. The van der Waals surface area contributed by atoms with Gasteiger partial charge in [-0.05, 0) is 26.8 Å². The maximum atomic E-state index is 12.6. The van der Waals surface area contributed by atoms with Crippen molar-refractivity contribution in [2.24, 2.45) is 21.1 Å². The monoisotopic (exact) mass is 405 g/mol. The van der Waals surface area contributed by atoms with Crippen molar-refractivity contribution in [1.29, 1.82) is 0 Å². The molecule has 0 saturated carbocycles. The Kier molecular flexibility index (Phi) is 4.88. The molecular formula is C18H20ClN5O4. The molecule has 0 fully saturated rings. The van der Waals surface area contributed by atoms with Crippen LogP contribution in [-0.4, -0.2) is 29.6 Å². The second-order valence-corrected chi connectivity index (χ2v) is 7.07. The van der Waals surface area contributed by atoms with Crippen LogP contribution in [0.1, 0.15) is 40.6 Å². The maximum Gasteiger partial charge on any atom is 0.342 e. The van der Waals surface area contributed by atoms with E-state index in [1.807, 2.05) is 0 Å². The molecule has 0 amide bonds. The van der Waals surface area contributed by atoms with Gasteiger partial charge in [-0.15, -0.1) is 0 Å². The number of nitrogens with zero attached hydrogens (tertiary/aromatic N) is 5. The molecule has 3 rings (SSSR count). The van der Waals surface area contributed by atoms with E-state index < -0.39 is 23.3 Å². The predicted octanol–water partition coefficient (Wildman–Crippen LogP) is 1.55. The first-order valence-electron chi connectivity index (χ1n) is 8.51. The zero-order valence-corrected chi connectivity index (χ0v) is 17.2. The summed E-state index contributed by atoms with van der Waals surface area (Å²) >= 11 is 6.19. The molecule has 28 heavy (non-hydrogen) atoms. The average Bonchev–Trinajstić information content (AvgIpc) is 2.94. The Morgan fingerprint density at radius 3 is 2.36 bits per heavy atom. The highest BCUT2D eigenvalue weighted by Gasteiger charge is 2.25. The Morgan fingerprint density at radius 1 is 1.11 bits per heavy atom. The Balaban J connectivity index is 2.05. The average molecular weight is 406 g/mol. The number of carbonyl (C=O) groups excluding carboxylic acids is 1. The fourth-order valence-corrected chi connectivity index (χ4v) is 3.57. The Bertz CT molecular complexity index is 1210. The molecule has 3 aromatic rings. The lowest BCUT2D eigenvalue weighted by atomic mass is 10.2. The predicted molar refractivity (Wildman–Crippen MR) is 104 cm³/mol. The van der Waals surface area contributed by atoms with Crippen LogP contribution in [0.25, 0.3) is 11.2 Å². The van der Waals surface area contributed by atoms with Crippen LogP contribution in [-0.2, 0) is 25.9 Å². The van der Waals surface area contributed by atoms with Gasteiger partial charge >= 0.3 is 11.7 Å². The lowest BCUT2D eigenvalue weighted by molar-refractivity contribution is 0.0314. The van der Waals surface area contributed by atoms with Crippen molar-refractivity contribution in [3.8, 4) is 0 Å². The van der Waals surface area contributed by atoms with Gasteiger partial charge < -0.3 is 9.30 Å². The molecule has 0 aliphatic rings. The van der Waals surface area contributed by atoms with Crippen molar-refractivity contribution >= 4 is 28.7 Å². The Hall–Kier alpha value is -2.94. The summed E-state index contributed by atoms with van der Waals surface area (Å²) in [7, 11) is 4.56. The molecule has 0 spiro atoms. The van der Waals surface area contributed by atoms with Crippen LogP contribution in [0.15, 0.2) is 15.7 Å². The summed E-state index contributed by atoms with van der Waals surface area (Å²) in [5.41, 5.74) is 0.844. The van der Waals surface area contributed by atoms with Gasteiger partial charge in [0.2, 0.25) is 0 Å². The van der Waals surface area contributed by atoms with Gasteiger partial charge in [-0.25, -0.2) is 14.6 Å². The topological polar surface area (TPSA) is 101 Å². The molecule has 148 valence electrons. The fraction of sp³-hybridized carbons (Fsp3) is 0.389. The summed E-state index contributed by atoms with van der Waals surface area (Å²) in [5.74, 6) is -0.313. The van der Waals surface area contributed by atoms with Gasteiger partial charge in [0, 0.05) is 26.8 Å². The van der Waals surface area contributed by atoms with Crippen molar-refractivity contribution in [3.05, 3.63) is 54.7 Å². The highest BCUT2D eigenvalue weighted by atomic mass is 35.5. The summed E-state index contributed by atoms with van der Waals surface area (Å²) in [4.78, 5) is 45.9. The van der Waals surface area contributed by atoms with Crippen LogP contribution in [0.4, 0.5) is 0 Å². The summed E-state index contributed by atoms with van der Waals surface area (Å²) in [5, 5.41) is 0.253. The third-order valence-corrected chi connectivity index (χ3v) is 4.94. The Morgan fingerprint density at radius 2 is 1.75 bits per heavy atom. The molecule has 0 saturated heterocycles. The van der Waals surface area contributed by atoms with Gasteiger partial charge in [-0.1, -0.05) is 11.6 Å². The number of hydrogen-bond acceptors (Lipinski definition) is 6. The number of fused-ring (bicyclic) bond motifs is 1. The smallest absolute Gasteiger partial charge is 0.342 e. The first-order valence-corrected chi connectivity index (χ1v) is 8.89. The molecule has 10 heteroatoms. The number of rotatable bonds is 3. The molecular weight excluding hydrogens is 386 g/mol. The molecule has 3 heterocycles. The van der Waals surface area contributed by atoms with Gasteiger partial charge in [-0.3, -0.25) is 18.9 Å². The zero-order valence-electron chi connectivity index (χ0n) is 16.4. The second kappa shape index (κ2) is 6.90. The number of pyridine rings is 1. The standard InChI is InChI=1S/C18H20ClN5O4/c1-8-7-11(19)12(9(2)20-8)17(26)28-10(3)14-21-15-13(22(14)4)16(25)24(6)18(27)23(15)5/h7,10H,1-6H3. The molecule has 1 unspecified atom stereocenters. The lowest BCUT2D eigenvalue weighted by Crippen LogP contribution is -2.37.